The molecule has 0 aliphatic rings. The van der Waals surface area contributed by atoms with Crippen LogP contribution in [0.15, 0.2) is 17.8 Å². The first-order chi connectivity index (χ1) is 6.76. The molecule has 4 heteroatoms. The van der Waals surface area contributed by atoms with E-state index in [-0.39, 0.29) is 0 Å². The normalized spacial score (nSPS) is 11.4. The SMILES string of the molecule is CCN/C=C(\C=N)Cc1cc(C)n[nH]1. The van der Waals surface area contributed by atoms with Crippen LogP contribution < -0.4 is 5.32 Å². The second kappa shape index (κ2) is 5.21. The van der Waals surface area contributed by atoms with Gasteiger partial charge in [0.05, 0.1) is 5.69 Å². The van der Waals surface area contributed by atoms with Gasteiger partial charge in [-0.3, -0.25) is 5.10 Å². The van der Waals surface area contributed by atoms with Gasteiger partial charge in [-0.2, -0.15) is 5.10 Å². The summed E-state index contributed by atoms with van der Waals surface area (Å²) in [5, 5.41) is 17.3. The molecule has 0 aliphatic heterocycles. The van der Waals surface area contributed by atoms with Gasteiger partial charge in [-0.25, -0.2) is 0 Å². The average Bonchev–Trinajstić information content (AvgIpc) is 2.58. The van der Waals surface area contributed by atoms with Crippen molar-refractivity contribution in [2.45, 2.75) is 20.3 Å². The van der Waals surface area contributed by atoms with E-state index in [1.807, 2.05) is 26.1 Å². The summed E-state index contributed by atoms with van der Waals surface area (Å²) in [7, 11) is 0. The molecule has 4 nitrogen and oxygen atoms in total. The Kier molecular flexibility index (Phi) is 3.91. The number of allylic oxidation sites excluding steroid dienone is 1. The van der Waals surface area contributed by atoms with Gasteiger partial charge in [0.1, 0.15) is 0 Å². The number of rotatable bonds is 5. The number of nitrogens with one attached hydrogen (secondary N) is 3. The van der Waals surface area contributed by atoms with Gasteiger partial charge in [0, 0.05) is 31.1 Å². The Morgan fingerprint density at radius 2 is 2.50 bits per heavy atom. The molecule has 0 aliphatic carbocycles. The van der Waals surface area contributed by atoms with E-state index >= 15 is 0 Å². The lowest BCUT2D eigenvalue weighted by molar-refractivity contribution is 0.902. The third kappa shape index (κ3) is 3.05. The lowest BCUT2D eigenvalue weighted by Crippen LogP contribution is -2.06. The van der Waals surface area contributed by atoms with Gasteiger partial charge in [-0.15, -0.1) is 0 Å². The molecule has 3 N–H and O–H groups in total. The topological polar surface area (TPSA) is 64.6 Å². The van der Waals surface area contributed by atoms with Crippen LogP contribution in [0.4, 0.5) is 0 Å². The summed E-state index contributed by atoms with van der Waals surface area (Å²) < 4.78 is 0. The number of aromatic nitrogens is 2. The standard InChI is InChI=1S/C10H16N4/c1-3-12-7-9(6-11)5-10-4-8(2)13-14-10/h4,6-7,11-12H,3,5H2,1-2H3,(H,13,14)/b9-7-,11-6?. The maximum Gasteiger partial charge on any atom is 0.0594 e. The Bertz CT molecular complexity index is 325. The molecule has 0 aromatic carbocycles. The highest BCUT2D eigenvalue weighted by molar-refractivity contribution is 5.76. The first kappa shape index (κ1) is 10.5. The Labute approximate surface area is 83.9 Å². The van der Waals surface area contributed by atoms with Crippen molar-refractivity contribution < 1.29 is 0 Å². The zero-order valence-electron chi connectivity index (χ0n) is 8.59. The van der Waals surface area contributed by atoms with E-state index < -0.39 is 0 Å². The fraction of sp³-hybridized carbons (Fsp3) is 0.400. The van der Waals surface area contributed by atoms with Crippen molar-refractivity contribution in [3.05, 3.63) is 29.2 Å². The summed E-state index contributed by atoms with van der Waals surface area (Å²) in [4.78, 5) is 0. The molecule has 0 fully saturated rings. The number of nitrogens with zero attached hydrogens (tertiary/aromatic N) is 1. The highest BCUT2D eigenvalue weighted by Crippen LogP contribution is 2.04. The number of hydrogen-bond donors (Lipinski definition) is 3. The first-order valence-electron chi connectivity index (χ1n) is 4.70. The largest absolute Gasteiger partial charge is 0.391 e. The smallest absolute Gasteiger partial charge is 0.0594 e. The molecule has 0 amide bonds. The molecule has 0 atom stereocenters. The van der Waals surface area contributed by atoms with Crippen LogP contribution in [0, 0.1) is 12.3 Å². The van der Waals surface area contributed by atoms with Crippen molar-refractivity contribution in [3.63, 3.8) is 0 Å². The molecule has 14 heavy (non-hydrogen) atoms. The minimum Gasteiger partial charge on any atom is -0.391 e. The molecule has 76 valence electrons. The van der Waals surface area contributed by atoms with Crippen molar-refractivity contribution in [2.24, 2.45) is 0 Å². The predicted molar refractivity (Wildman–Crippen MR) is 57.6 cm³/mol. The highest BCUT2D eigenvalue weighted by atomic mass is 15.1. The molecule has 1 heterocycles. The molecule has 0 saturated heterocycles. The number of H-pyrrole nitrogens is 1. The van der Waals surface area contributed by atoms with Crippen molar-refractivity contribution in [1.29, 1.82) is 5.41 Å². The molecule has 1 aromatic rings. The van der Waals surface area contributed by atoms with Crippen LogP contribution in [0.25, 0.3) is 0 Å². The number of hydrogen-bond acceptors (Lipinski definition) is 3. The minimum atomic E-state index is 0.720. The Morgan fingerprint density at radius 1 is 1.71 bits per heavy atom. The molecular formula is C10H16N4. The van der Waals surface area contributed by atoms with Gasteiger partial charge in [-0.1, -0.05) is 0 Å². The van der Waals surface area contributed by atoms with Crippen molar-refractivity contribution in [2.75, 3.05) is 6.54 Å². The van der Waals surface area contributed by atoms with E-state index in [4.69, 9.17) is 5.41 Å². The summed E-state index contributed by atoms with van der Waals surface area (Å²) in [6, 6.07) is 1.99. The summed E-state index contributed by atoms with van der Waals surface area (Å²) >= 11 is 0. The zero-order chi connectivity index (χ0) is 10.4. The van der Waals surface area contributed by atoms with Crippen LogP contribution in [-0.2, 0) is 6.42 Å². The van der Waals surface area contributed by atoms with Crippen LogP contribution in [0.3, 0.4) is 0 Å². The predicted octanol–water partition coefficient (Wildman–Crippen LogP) is 1.40. The van der Waals surface area contributed by atoms with Gasteiger partial charge in [0.25, 0.3) is 0 Å². The summed E-state index contributed by atoms with van der Waals surface area (Å²) in [6.07, 6.45) is 3.94. The van der Waals surface area contributed by atoms with Crippen LogP contribution >= 0.6 is 0 Å². The molecular weight excluding hydrogens is 176 g/mol. The number of aryl methyl sites for hydroxylation is 1. The highest BCUT2D eigenvalue weighted by Gasteiger charge is 1.99. The van der Waals surface area contributed by atoms with Crippen LogP contribution in [-0.4, -0.2) is 23.0 Å². The lowest BCUT2D eigenvalue weighted by atomic mass is 10.1. The Morgan fingerprint density at radius 3 is 3.00 bits per heavy atom. The third-order valence-electron chi connectivity index (χ3n) is 1.83. The second-order valence-corrected chi connectivity index (χ2v) is 3.13. The average molecular weight is 192 g/mol. The Hall–Kier alpha value is -1.58. The summed E-state index contributed by atoms with van der Waals surface area (Å²) in [5.74, 6) is 0. The van der Waals surface area contributed by atoms with E-state index in [1.165, 1.54) is 6.21 Å². The lowest BCUT2D eigenvalue weighted by Gasteiger charge is -1.99. The molecule has 0 unspecified atom stereocenters. The molecule has 0 radical (unpaired) electrons. The molecule has 1 rings (SSSR count). The quantitative estimate of drug-likeness (QED) is 0.617. The minimum absolute atomic E-state index is 0.720. The van der Waals surface area contributed by atoms with E-state index in [0.29, 0.717) is 0 Å². The summed E-state index contributed by atoms with van der Waals surface area (Å²) in [6.45, 7) is 4.84. The first-order valence-corrected chi connectivity index (χ1v) is 4.70. The van der Waals surface area contributed by atoms with Gasteiger partial charge < -0.3 is 10.7 Å². The van der Waals surface area contributed by atoms with E-state index in [1.54, 1.807) is 0 Å². The van der Waals surface area contributed by atoms with E-state index in [9.17, 15) is 0 Å². The van der Waals surface area contributed by atoms with Crippen LogP contribution in [0.5, 0.6) is 0 Å². The van der Waals surface area contributed by atoms with Crippen LogP contribution in [0.2, 0.25) is 0 Å². The fourth-order valence-corrected chi connectivity index (χ4v) is 1.16. The Balaban J connectivity index is 2.61. The maximum atomic E-state index is 7.23. The maximum absolute atomic E-state index is 7.23. The van der Waals surface area contributed by atoms with Gasteiger partial charge >= 0.3 is 0 Å². The van der Waals surface area contributed by atoms with E-state index in [0.717, 1.165) is 29.9 Å². The molecule has 0 saturated carbocycles. The monoisotopic (exact) mass is 192 g/mol. The van der Waals surface area contributed by atoms with Crippen molar-refractivity contribution >= 4 is 6.21 Å². The fourth-order valence-electron chi connectivity index (χ4n) is 1.16. The van der Waals surface area contributed by atoms with Gasteiger partial charge in [-0.05, 0) is 25.5 Å². The van der Waals surface area contributed by atoms with Gasteiger partial charge in [0.15, 0.2) is 0 Å². The van der Waals surface area contributed by atoms with Crippen LogP contribution in [0.1, 0.15) is 18.3 Å². The molecule has 0 spiro atoms. The summed E-state index contributed by atoms with van der Waals surface area (Å²) in [5.41, 5.74) is 2.96. The van der Waals surface area contributed by atoms with E-state index in [2.05, 4.69) is 15.5 Å². The van der Waals surface area contributed by atoms with Crippen molar-refractivity contribution in [3.8, 4) is 0 Å². The zero-order valence-corrected chi connectivity index (χ0v) is 8.59. The third-order valence-corrected chi connectivity index (χ3v) is 1.83. The second-order valence-electron chi connectivity index (χ2n) is 3.13. The van der Waals surface area contributed by atoms with Gasteiger partial charge in [0.2, 0.25) is 0 Å². The number of aromatic amines is 1. The van der Waals surface area contributed by atoms with Crippen molar-refractivity contribution in [1.82, 2.24) is 15.5 Å². The molecule has 0 bridgehead atoms. The molecule has 1 aromatic heterocycles.